The number of hydrogen-bond acceptors (Lipinski definition) is 2. The van der Waals surface area contributed by atoms with Crippen LogP contribution in [0.4, 0.5) is 4.79 Å². The summed E-state index contributed by atoms with van der Waals surface area (Å²) in [5, 5.41) is 15.4. The molecule has 0 aromatic carbocycles. The highest BCUT2D eigenvalue weighted by Gasteiger charge is 2.45. The highest BCUT2D eigenvalue weighted by atomic mass is 16.3. The summed E-state index contributed by atoms with van der Waals surface area (Å²) < 4.78 is 0. The van der Waals surface area contributed by atoms with Crippen molar-refractivity contribution in [1.82, 2.24) is 10.6 Å². The lowest BCUT2D eigenvalue weighted by Gasteiger charge is -2.27. The molecule has 0 aliphatic heterocycles. The smallest absolute Gasteiger partial charge is 0.315 e. The van der Waals surface area contributed by atoms with Crippen molar-refractivity contribution in [3.05, 3.63) is 0 Å². The van der Waals surface area contributed by atoms with Crippen LogP contribution in [0.15, 0.2) is 0 Å². The quantitative estimate of drug-likeness (QED) is 0.719. The fraction of sp³-hybridized carbons (Fsp3) is 0.929. The van der Waals surface area contributed by atoms with Crippen LogP contribution in [0.25, 0.3) is 0 Å². The van der Waals surface area contributed by atoms with Gasteiger partial charge >= 0.3 is 6.03 Å². The standard InChI is InChI=1S/C14H26N2O2/c1-10(2)14(7-8-14)9-15-13(18)16-11-3-5-12(17)6-4-11/h10-12,17H,3-9H2,1-2H3,(H2,15,16,18). The molecule has 0 aromatic rings. The number of urea groups is 1. The summed E-state index contributed by atoms with van der Waals surface area (Å²) in [5.41, 5.74) is 0.361. The molecule has 2 amide bonds. The van der Waals surface area contributed by atoms with Gasteiger partial charge < -0.3 is 15.7 Å². The molecule has 0 saturated heterocycles. The first-order chi connectivity index (χ1) is 8.52. The molecule has 18 heavy (non-hydrogen) atoms. The number of hydrogen-bond donors (Lipinski definition) is 3. The van der Waals surface area contributed by atoms with E-state index in [0.29, 0.717) is 11.3 Å². The van der Waals surface area contributed by atoms with Crippen molar-refractivity contribution in [2.45, 2.75) is 64.5 Å². The molecule has 2 aliphatic carbocycles. The van der Waals surface area contributed by atoms with Gasteiger partial charge in [0.25, 0.3) is 0 Å². The summed E-state index contributed by atoms with van der Waals surface area (Å²) in [7, 11) is 0. The van der Waals surface area contributed by atoms with Crippen molar-refractivity contribution in [1.29, 1.82) is 0 Å². The van der Waals surface area contributed by atoms with Gasteiger partial charge in [0, 0.05) is 12.6 Å². The monoisotopic (exact) mass is 254 g/mol. The van der Waals surface area contributed by atoms with Crippen molar-refractivity contribution < 1.29 is 9.90 Å². The van der Waals surface area contributed by atoms with Gasteiger partial charge in [-0.3, -0.25) is 0 Å². The minimum atomic E-state index is -0.165. The van der Waals surface area contributed by atoms with E-state index in [1.54, 1.807) is 0 Å². The summed E-state index contributed by atoms with van der Waals surface area (Å²) in [6.45, 7) is 5.26. The van der Waals surface area contributed by atoms with Gasteiger partial charge in [-0.05, 0) is 49.9 Å². The topological polar surface area (TPSA) is 61.4 Å². The number of carbonyl (C=O) groups excluding carboxylic acids is 1. The molecule has 3 N–H and O–H groups in total. The molecule has 0 bridgehead atoms. The van der Waals surface area contributed by atoms with Crippen molar-refractivity contribution >= 4 is 6.03 Å². The molecular formula is C14H26N2O2. The first-order valence-corrected chi connectivity index (χ1v) is 7.24. The predicted molar refractivity (Wildman–Crippen MR) is 71.3 cm³/mol. The zero-order valence-corrected chi connectivity index (χ0v) is 11.5. The summed E-state index contributed by atoms with van der Waals surface area (Å²) in [6.07, 6.45) is 5.71. The van der Waals surface area contributed by atoms with Gasteiger partial charge in [0.05, 0.1) is 6.10 Å². The van der Waals surface area contributed by atoms with Gasteiger partial charge in [0.1, 0.15) is 0 Å². The normalized spacial score (nSPS) is 30.0. The van der Waals surface area contributed by atoms with Crippen LogP contribution in [0.1, 0.15) is 52.4 Å². The van der Waals surface area contributed by atoms with Crippen LogP contribution in [-0.4, -0.2) is 29.8 Å². The maximum absolute atomic E-state index is 11.8. The van der Waals surface area contributed by atoms with Crippen LogP contribution in [0.5, 0.6) is 0 Å². The van der Waals surface area contributed by atoms with Crippen LogP contribution in [0.2, 0.25) is 0 Å². The Bertz CT molecular complexity index is 292. The second-order valence-electron chi connectivity index (χ2n) is 6.35. The second-order valence-corrected chi connectivity index (χ2v) is 6.35. The van der Waals surface area contributed by atoms with E-state index in [1.807, 2.05) is 0 Å². The molecule has 4 nitrogen and oxygen atoms in total. The number of amides is 2. The van der Waals surface area contributed by atoms with Crippen molar-refractivity contribution in [3.8, 4) is 0 Å². The Morgan fingerprint density at radius 3 is 2.39 bits per heavy atom. The van der Waals surface area contributed by atoms with E-state index in [1.165, 1.54) is 12.8 Å². The fourth-order valence-corrected chi connectivity index (χ4v) is 2.83. The number of aliphatic hydroxyl groups is 1. The van der Waals surface area contributed by atoms with E-state index in [2.05, 4.69) is 24.5 Å². The van der Waals surface area contributed by atoms with Gasteiger partial charge in [0.15, 0.2) is 0 Å². The first-order valence-electron chi connectivity index (χ1n) is 7.24. The lowest BCUT2D eigenvalue weighted by Crippen LogP contribution is -2.46. The zero-order chi connectivity index (χ0) is 13.2. The van der Waals surface area contributed by atoms with Crippen molar-refractivity contribution in [3.63, 3.8) is 0 Å². The molecule has 2 aliphatic rings. The predicted octanol–water partition coefficient (Wildman–Crippen LogP) is 2.03. The lowest BCUT2D eigenvalue weighted by atomic mass is 9.92. The molecule has 2 fully saturated rings. The van der Waals surface area contributed by atoms with Gasteiger partial charge in [-0.1, -0.05) is 13.8 Å². The largest absolute Gasteiger partial charge is 0.393 e. The van der Waals surface area contributed by atoms with Crippen molar-refractivity contribution in [2.24, 2.45) is 11.3 Å². The maximum Gasteiger partial charge on any atom is 0.315 e. The molecule has 0 atom stereocenters. The Morgan fingerprint density at radius 1 is 1.28 bits per heavy atom. The van der Waals surface area contributed by atoms with Crippen LogP contribution < -0.4 is 10.6 Å². The molecule has 2 rings (SSSR count). The van der Waals surface area contributed by atoms with Gasteiger partial charge in [-0.2, -0.15) is 0 Å². The maximum atomic E-state index is 11.8. The van der Waals surface area contributed by atoms with E-state index in [4.69, 9.17) is 0 Å². The number of aliphatic hydroxyl groups excluding tert-OH is 1. The average molecular weight is 254 g/mol. The highest BCUT2D eigenvalue weighted by Crippen LogP contribution is 2.51. The van der Waals surface area contributed by atoms with Crippen molar-refractivity contribution in [2.75, 3.05) is 6.54 Å². The van der Waals surface area contributed by atoms with Gasteiger partial charge in [0.2, 0.25) is 0 Å². The van der Waals surface area contributed by atoms with E-state index in [-0.39, 0.29) is 18.2 Å². The van der Waals surface area contributed by atoms with E-state index < -0.39 is 0 Å². The van der Waals surface area contributed by atoms with Gasteiger partial charge in [-0.25, -0.2) is 4.79 Å². The third-order valence-electron chi connectivity index (χ3n) is 4.75. The SMILES string of the molecule is CC(C)C1(CNC(=O)NC2CCC(O)CC2)CC1. The molecule has 104 valence electrons. The van der Waals surface area contributed by atoms with E-state index in [0.717, 1.165) is 32.2 Å². The number of nitrogens with one attached hydrogen (secondary N) is 2. The minimum Gasteiger partial charge on any atom is -0.393 e. The Hall–Kier alpha value is -0.770. The van der Waals surface area contributed by atoms with Crippen LogP contribution in [0.3, 0.4) is 0 Å². The Balaban J connectivity index is 1.66. The highest BCUT2D eigenvalue weighted by molar-refractivity contribution is 5.74. The lowest BCUT2D eigenvalue weighted by molar-refractivity contribution is 0.117. The number of rotatable bonds is 4. The summed E-state index contributed by atoms with van der Waals surface area (Å²) >= 11 is 0. The summed E-state index contributed by atoms with van der Waals surface area (Å²) in [6, 6.07) is 0.200. The third-order valence-corrected chi connectivity index (χ3v) is 4.75. The van der Waals surface area contributed by atoms with Crippen LogP contribution in [0, 0.1) is 11.3 Å². The fourth-order valence-electron chi connectivity index (χ4n) is 2.83. The number of carbonyl (C=O) groups is 1. The molecule has 2 saturated carbocycles. The average Bonchev–Trinajstić information content (AvgIpc) is 3.11. The van der Waals surface area contributed by atoms with E-state index >= 15 is 0 Å². The Kier molecular flexibility index (Phi) is 4.15. The molecule has 0 unspecified atom stereocenters. The van der Waals surface area contributed by atoms with Crippen LogP contribution in [-0.2, 0) is 0 Å². The Labute approximate surface area is 110 Å². The zero-order valence-electron chi connectivity index (χ0n) is 11.5. The molecule has 0 aromatic heterocycles. The molecule has 0 spiro atoms. The minimum absolute atomic E-state index is 0.0386. The van der Waals surface area contributed by atoms with Crippen LogP contribution >= 0.6 is 0 Å². The molecule has 4 heteroatoms. The molecule has 0 heterocycles. The Morgan fingerprint density at radius 2 is 1.89 bits per heavy atom. The molecule has 0 radical (unpaired) electrons. The third kappa shape index (κ3) is 3.37. The van der Waals surface area contributed by atoms with E-state index in [9.17, 15) is 9.90 Å². The first kappa shape index (κ1) is 13.7. The summed E-state index contributed by atoms with van der Waals surface area (Å²) in [4.78, 5) is 11.8. The second kappa shape index (κ2) is 5.47. The summed E-state index contributed by atoms with van der Waals surface area (Å²) in [5.74, 6) is 0.641. The van der Waals surface area contributed by atoms with Gasteiger partial charge in [-0.15, -0.1) is 0 Å². The molecular weight excluding hydrogens is 228 g/mol.